The van der Waals surface area contributed by atoms with Crippen molar-refractivity contribution in [3.05, 3.63) is 0 Å². The minimum Gasteiger partial charge on any atom is -0.480 e. The molecule has 102 valence electrons. The summed E-state index contributed by atoms with van der Waals surface area (Å²) in [5, 5.41) is 9.33. The summed E-state index contributed by atoms with van der Waals surface area (Å²) in [4.78, 5) is 24.9. The molecule has 0 aromatic heterocycles. The molecule has 1 heterocycles. The van der Waals surface area contributed by atoms with Crippen molar-refractivity contribution in [1.29, 1.82) is 0 Å². The Hall–Kier alpha value is -0.710. The van der Waals surface area contributed by atoms with E-state index in [1.807, 2.05) is 6.92 Å². The van der Waals surface area contributed by atoms with Crippen LogP contribution in [0.25, 0.3) is 0 Å². The highest BCUT2D eigenvalue weighted by atomic mass is 32.2. The largest absolute Gasteiger partial charge is 0.480 e. The molecule has 0 bridgehead atoms. The van der Waals surface area contributed by atoms with Crippen molar-refractivity contribution < 1.29 is 14.7 Å². The lowest BCUT2D eigenvalue weighted by Crippen LogP contribution is -2.47. The Morgan fingerprint density at radius 1 is 1.28 bits per heavy atom. The standard InChI is InChI=1S/C13H21NO3S/c1-2-11(15)14-10(13(16)17)8-18-12(14)9-6-4-3-5-7-9/h9-10,12H,2-8H2,1H3,(H,16,17)/t10-,12-/m1/s1. The summed E-state index contributed by atoms with van der Waals surface area (Å²) in [5.41, 5.74) is 0. The van der Waals surface area contributed by atoms with E-state index in [2.05, 4.69) is 0 Å². The molecule has 2 rings (SSSR count). The van der Waals surface area contributed by atoms with Crippen LogP contribution < -0.4 is 0 Å². The van der Waals surface area contributed by atoms with Gasteiger partial charge in [-0.3, -0.25) is 4.79 Å². The number of carbonyl (C=O) groups excluding carboxylic acids is 1. The normalized spacial score (nSPS) is 29.5. The van der Waals surface area contributed by atoms with Gasteiger partial charge in [0, 0.05) is 12.2 Å². The average Bonchev–Trinajstić information content (AvgIpc) is 2.83. The van der Waals surface area contributed by atoms with Gasteiger partial charge in [-0.15, -0.1) is 11.8 Å². The van der Waals surface area contributed by atoms with Gasteiger partial charge in [0.15, 0.2) is 0 Å². The molecular formula is C13H21NO3S. The van der Waals surface area contributed by atoms with Gasteiger partial charge in [-0.1, -0.05) is 26.2 Å². The van der Waals surface area contributed by atoms with Crippen LogP contribution in [-0.2, 0) is 9.59 Å². The third kappa shape index (κ3) is 2.66. The quantitative estimate of drug-likeness (QED) is 0.856. The lowest BCUT2D eigenvalue weighted by Gasteiger charge is -2.34. The van der Waals surface area contributed by atoms with Crippen molar-refractivity contribution in [2.45, 2.75) is 56.9 Å². The van der Waals surface area contributed by atoms with E-state index in [0.29, 0.717) is 18.1 Å². The second kappa shape index (κ2) is 5.95. The number of rotatable bonds is 3. The van der Waals surface area contributed by atoms with Gasteiger partial charge in [0.2, 0.25) is 5.91 Å². The number of carbonyl (C=O) groups is 2. The lowest BCUT2D eigenvalue weighted by molar-refractivity contribution is -0.149. The number of amides is 1. The molecule has 1 aliphatic heterocycles. The van der Waals surface area contributed by atoms with Crippen LogP contribution in [0, 0.1) is 5.92 Å². The van der Waals surface area contributed by atoms with Crippen molar-refractivity contribution >= 4 is 23.6 Å². The summed E-state index contributed by atoms with van der Waals surface area (Å²) in [7, 11) is 0. The topological polar surface area (TPSA) is 57.6 Å². The summed E-state index contributed by atoms with van der Waals surface area (Å²) >= 11 is 1.66. The first-order chi connectivity index (χ1) is 8.65. The van der Waals surface area contributed by atoms with Crippen LogP contribution in [0.1, 0.15) is 45.4 Å². The number of aliphatic carboxylic acids is 1. The van der Waals surface area contributed by atoms with E-state index in [1.165, 1.54) is 19.3 Å². The third-order valence-corrected chi connectivity index (χ3v) is 5.43. The first-order valence-electron chi connectivity index (χ1n) is 6.80. The molecule has 0 aromatic carbocycles. The molecule has 1 amide bonds. The third-order valence-electron chi connectivity index (χ3n) is 3.96. The second-order valence-corrected chi connectivity index (χ2v) is 6.28. The first-order valence-corrected chi connectivity index (χ1v) is 7.85. The SMILES string of the molecule is CCC(=O)N1[C@@H](C(=O)O)CS[C@@H]1C1CCCCC1. The average molecular weight is 271 g/mol. The van der Waals surface area contributed by atoms with Crippen LogP contribution in [0.4, 0.5) is 0 Å². The van der Waals surface area contributed by atoms with Gasteiger partial charge in [0.1, 0.15) is 6.04 Å². The Morgan fingerprint density at radius 3 is 2.50 bits per heavy atom. The highest BCUT2D eigenvalue weighted by Gasteiger charge is 2.44. The number of carboxylic acids is 1. The van der Waals surface area contributed by atoms with Gasteiger partial charge >= 0.3 is 5.97 Å². The molecule has 4 nitrogen and oxygen atoms in total. The maximum Gasteiger partial charge on any atom is 0.327 e. The zero-order valence-corrected chi connectivity index (χ0v) is 11.6. The van der Waals surface area contributed by atoms with Gasteiger partial charge in [-0.25, -0.2) is 4.79 Å². The molecule has 1 aliphatic carbocycles. The van der Waals surface area contributed by atoms with Gasteiger partial charge < -0.3 is 10.0 Å². The Morgan fingerprint density at radius 2 is 1.94 bits per heavy atom. The van der Waals surface area contributed by atoms with Crippen LogP contribution in [0.2, 0.25) is 0 Å². The van der Waals surface area contributed by atoms with E-state index < -0.39 is 12.0 Å². The van der Waals surface area contributed by atoms with Crippen molar-refractivity contribution in [2.24, 2.45) is 5.92 Å². The predicted octanol–water partition coefficient (Wildman–Crippen LogP) is 2.33. The van der Waals surface area contributed by atoms with Gasteiger partial charge in [0.25, 0.3) is 0 Å². The lowest BCUT2D eigenvalue weighted by atomic mass is 9.88. The predicted molar refractivity (Wildman–Crippen MR) is 71.4 cm³/mol. The second-order valence-electron chi connectivity index (χ2n) is 5.13. The van der Waals surface area contributed by atoms with E-state index >= 15 is 0 Å². The van der Waals surface area contributed by atoms with Crippen LogP contribution in [-0.4, -0.2) is 39.1 Å². The number of carboxylic acid groups (broad SMARTS) is 1. The molecule has 5 heteroatoms. The van der Waals surface area contributed by atoms with Crippen LogP contribution in [0.15, 0.2) is 0 Å². The fourth-order valence-corrected chi connectivity index (χ4v) is 4.65. The summed E-state index contributed by atoms with van der Waals surface area (Å²) in [5.74, 6) is 0.164. The molecule has 1 saturated heterocycles. The molecule has 1 saturated carbocycles. The highest BCUT2D eigenvalue weighted by Crippen LogP contribution is 2.40. The molecule has 1 N–H and O–H groups in total. The Labute approximate surface area is 112 Å². The number of hydrogen-bond donors (Lipinski definition) is 1. The first kappa shape index (κ1) is 13.7. The zero-order chi connectivity index (χ0) is 13.1. The molecule has 18 heavy (non-hydrogen) atoms. The molecule has 0 spiro atoms. The minimum atomic E-state index is -0.859. The summed E-state index contributed by atoms with van der Waals surface area (Å²) < 4.78 is 0. The van der Waals surface area contributed by atoms with Crippen molar-refractivity contribution in [2.75, 3.05) is 5.75 Å². The molecule has 0 unspecified atom stereocenters. The fourth-order valence-electron chi connectivity index (χ4n) is 3.00. The van der Waals surface area contributed by atoms with E-state index in [0.717, 1.165) is 12.8 Å². The number of hydrogen-bond acceptors (Lipinski definition) is 3. The molecule has 0 radical (unpaired) electrons. The van der Waals surface area contributed by atoms with E-state index in [9.17, 15) is 14.7 Å². The molecular weight excluding hydrogens is 250 g/mol. The molecule has 2 atom stereocenters. The Balaban J connectivity index is 2.13. The Kier molecular flexibility index (Phi) is 4.54. The summed E-state index contributed by atoms with van der Waals surface area (Å²) in [6, 6.07) is -0.616. The monoisotopic (exact) mass is 271 g/mol. The van der Waals surface area contributed by atoms with Crippen molar-refractivity contribution in [1.82, 2.24) is 4.90 Å². The smallest absolute Gasteiger partial charge is 0.327 e. The summed E-state index contributed by atoms with van der Waals surface area (Å²) in [6.07, 6.45) is 6.38. The Bertz CT molecular complexity index is 328. The van der Waals surface area contributed by atoms with Crippen LogP contribution in [0.3, 0.4) is 0 Å². The van der Waals surface area contributed by atoms with E-state index in [1.54, 1.807) is 16.7 Å². The fraction of sp³-hybridized carbons (Fsp3) is 0.846. The van der Waals surface area contributed by atoms with Gasteiger partial charge in [-0.05, 0) is 18.8 Å². The van der Waals surface area contributed by atoms with Gasteiger partial charge in [-0.2, -0.15) is 0 Å². The number of thioether (sulfide) groups is 1. The van der Waals surface area contributed by atoms with E-state index in [4.69, 9.17) is 0 Å². The highest BCUT2D eigenvalue weighted by molar-refractivity contribution is 8.00. The maximum atomic E-state index is 12.0. The number of nitrogens with zero attached hydrogens (tertiary/aromatic N) is 1. The summed E-state index contributed by atoms with van der Waals surface area (Å²) in [6.45, 7) is 1.81. The molecule has 2 fully saturated rings. The van der Waals surface area contributed by atoms with Crippen molar-refractivity contribution in [3.63, 3.8) is 0 Å². The zero-order valence-electron chi connectivity index (χ0n) is 10.8. The van der Waals surface area contributed by atoms with Crippen LogP contribution >= 0.6 is 11.8 Å². The molecule has 0 aromatic rings. The molecule has 2 aliphatic rings. The van der Waals surface area contributed by atoms with Gasteiger partial charge in [0.05, 0.1) is 5.37 Å². The van der Waals surface area contributed by atoms with Crippen molar-refractivity contribution in [3.8, 4) is 0 Å². The van der Waals surface area contributed by atoms with E-state index in [-0.39, 0.29) is 11.3 Å². The van der Waals surface area contributed by atoms with Crippen LogP contribution in [0.5, 0.6) is 0 Å². The maximum absolute atomic E-state index is 12.0. The minimum absolute atomic E-state index is 0.0111.